The lowest BCUT2D eigenvalue weighted by Gasteiger charge is -2.65. The van der Waals surface area contributed by atoms with Gasteiger partial charge in [0, 0.05) is 31.6 Å². The molecule has 5 atom stereocenters. The Morgan fingerprint density at radius 1 is 1.14 bits per heavy atom. The van der Waals surface area contributed by atoms with Crippen LogP contribution in [0.2, 0.25) is 10.0 Å². The summed E-state index contributed by atoms with van der Waals surface area (Å²) in [7, 11) is 0. The number of carbonyl (C=O) groups is 2. The van der Waals surface area contributed by atoms with E-state index in [4.69, 9.17) is 32.7 Å². The molecule has 2 aliphatic heterocycles. The van der Waals surface area contributed by atoms with Gasteiger partial charge in [-0.3, -0.25) is 14.5 Å². The third kappa shape index (κ3) is 4.68. The van der Waals surface area contributed by atoms with E-state index in [1.807, 2.05) is 17.0 Å². The Bertz CT molecular complexity index is 1480. The second-order valence-corrected chi connectivity index (χ2v) is 14.6. The number of amides is 1. The average Bonchev–Trinajstić information content (AvgIpc) is 3.69. The van der Waals surface area contributed by atoms with E-state index in [0.29, 0.717) is 46.8 Å². The Hall–Kier alpha value is -2.32. The quantitative estimate of drug-likeness (QED) is 0.304. The molecule has 0 radical (unpaired) electrons. The van der Waals surface area contributed by atoms with Crippen molar-refractivity contribution in [2.24, 2.45) is 11.8 Å². The second kappa shape index (κ2) is 10.6. The number of benzene rings is 2. The Morgan fingerprint density at radius 3 is 2.63 bits per heavy atom. The molecular formula is C34H40Cl2N2O5. The van der Waals surface area contributed by atoms with Crippen LogP contribution >= 0.6 is 23.2 Å². The molecule has 1 saturated heterocycles. The molecule has 1 N–H and O–H groups in total. The molecule has 2 aromatic carbocycles. The van der Waals surface area contributed by atoms with E-state index in [9.17, 15) is 14.7 Å². The van der Waals surface area contributed by atoms with Crippen LogP contribution in [-0.2, 0) is 27.8 Å². The number of hydrogen-bond donors (Lipinski definition) is 1. The highest BCUT2D eigenvalue weighted by atomic mass is 35.5. The highest BCUT2D eigenvalue weighted by Crippen LogP contribution is 2.66. The van der Waals surface area contributed by atoms with E-state index < -0.39 is 23.1 Å². The highest BCUT2D eigenvalue weighted by molar-refractivity contribution is 6.42. The fraction of sp³-hybridized carbons (Fsp3) is 0.588. The number of rotatable bonds is 8. The normalized spacial score (nSPS) is 30.5. The van der Waals surface area contributed by atoms with Crippen LogP contribution in [0.1, 0.15) is 69.6 Å². The first-order chi connectivity index (χ1) is 20.5. The average molecular weight is 628 g/mol. The van der Waals surface area contributed by atoms with Crippen LogP contribution in [0.5, 0.6) is 11.5 Å². The Balaban J connectivity index is 1.31. The van der Waals surface area contributed by atoms with Gasteiger partial charge in [-0.15, -0.1) is 0 Å². The Labute approximate surface area is 263 Å². The number of carbonyl (C=O) groups excluding carboxylic acids is 2. The molecule has 7 rings (SSSR count). The van der Waals surface area contributed by atoms with Crippen molar-refractivity contribution < 1.29 is 24.2 Å². The maximum atomic E-state index is 14.2. The maximum Gasteiger partial charge on any atom is 0.308 e. The Morgan fingerprint density at radius 2 is 1.93 bits per heavy atom. The summed E-state index contributed by atoms with van der Waals surface area (Å²) >= 11 is 12.5. The number of ether oxygens (including phenoxy) is 2. The minimum Gasteiger partial charge on any atom is -0.483 e. The number of halogens is 2. The zero-order valence-electron chi connectivity index (χ0n) is 25.1. The standard InChI is InChI=1S/C34H40Cl2N2O5/c1-19(2)17-38(29(40)15-22-6-8-24(35)25(36)14-22)26-10-11-34(41)28-16-23-7-9-27(42-20(3)39)31-30(23)33(34,32(26)43-31)12-13-37(28)18-21-4-5-21/h6-9,14,19,21,26,28,32,41H,4-5,10-13,15-18H2,1-3H3/t26?,28-,32?,33+,34-/m1/s1. The predicted octanol–water partition coefficient (Wildman–Crippen LogP) is 5.58. The third-order valence-electron chi connectivity index (χ3n) is 10.6. The first-order valence-corrected chi connectivity index (χ1v) is 16.5. The van der Waals surface area contributed by atoms with Gasteiger partial charge < -0.3 is 19.5 Å². The molecule has 5 aliphatic rings. The highest BCUT2D eigenvalue weighted by Gasteiger charge is 2.73. The van der Waals surface area contributed by atoms with Crippen LogP contribution < -0.4 is 9.47 Å². The molecule has 2 saturated carbocycles. The number of likely N-dealkylation sites (tertiary alicyclic amines) is 1. The monoisotopic (exact) mass is 626 g/mol. The summed E-state index contributed by atoms with van der Waals surface area (Å²) in [5.41, 5.74) is 1.25. The van der Waals surface area contributed by atoms with Crippen molar-refractivity contribution in [3.8, 4) is 11.5 Å². The van der Waals surface area contributed by atoms with Gasteiger partial charge in [0.05, 0.1) is 33.5 Å². The van der Waals surface area contributed by atoms with Crippen LogP contribution in [0.3, 0.4) is 0 Å². The summed E-state index contributed by atoms with van der Waals surface area (Å²) in [5.74, 6) is 1.49. The lowest BCUT2D eigenvalue weighted by molar-refractivity contribution is -0.202. The minimum absolute atomic E-state index is 0.00236. The largest absolute Gasteiger partial charge is 0.483 e. The Kier molecular flexibility index (Phi) is 7.28. The number of hydrogen-bond acceptors (Lipinski definition) is 6. The first-order valence-electron chi connectivity index (χ1n) is 15.7. The number of aliphatic hydroxyl groups is 1. The van der Waals surface area contributed by atoms with Crippen LogP contribution in [-0.4, -0.2) is 70.2 Å². The SMILES string of the molecule is CC(=O)Oc1ccc2c3c1OC1C(N(CC(C)C)C(=O)Cc4ccc(Cl)c(Cl)c4)CC[C@@]4(O)[C@@H](C2)N(CC2CC2)CC[C@]314. The van der Waals surface area contributed by atoms with Gasteiger partial charge in [-0.05, 0) is 86.2 Å². The second-order valence-electron chi connectivity index (χ2n) is 13.8. The van der Waals surface area contributed by atoms with Crippen molar-refractivity contribution in [3.05, 3.63) is 57.1 Å². The minimum atomic E-state index is -1.01. The molecular weight excluding hydrogens is 587 g/mol. The third-order valence-corrected chi connectivity index (χ3v) is 11.3. The van der Waals surface area contributed by atoms with Crippen LogP contribution in [0.15, 0.2) is 30.3 Å². The molecule has 230 valence electrons. The summed E-state index contributed by atoms with van der Waals surface area (Å²) in [6.45, 7) is 8.08. The molecule has 43 heavy (non-hydrogen) atoms. The number of esters is 1. The van der Waals surface area contributed by atoms with E-state index in [1.165, 1.54) is 19.8 Å². The van der Waals surface area contributed by atoms with E-state index in [2.05, 4.69) is 24.8 Å². The summed E-state index contributed by atoms with van der Waals surface area (Å²) in [6, 6.07) is 8.96. The van der Waals surface area contributed by atoms with Gasteiger partial charge in [0.2, 0.25) is 5.91 Å². The molecule has 3 aliphatic carbocycles. The fourth-order valence-corrected chi connectivity index (χ4v) is 9.06. The van der Waals surface area contributed by atoms with Crippen molar-refractivity contribution in [3.63, 3.8) is 0 Å². The first kappa shape index (κ1) is 29.4. The lowest BCUT2D eigenvalue weighted by atomic mass is 9.48. The van der Waals surface area contributed by atoms with Crippen molar-refractivity contribution in [2.75, 3.05) is 19.6 Å². The molecule has 1 spiro atoms. The van der Waals surface area contributed by atoms with Gasteiger partial charge in [0.25, 0.3) is 0 Å². The van der Waals surface area contributed by atoms with E-state index >= 15 is 0 Å². The molecule has 0 aromatic heterocycles. The van der Waals surface area contributed by atoms with Crippen molar-refractivity contribution >= 4 is 35.1 Å². The fourth-order valence-electron chi connectivity index (χ4n) is 8.74. The zero-order valence-corrected chi connectivity index (χ0v) is 26.6. The predicted molar refractivity (Wildman–Crippen MR) is 165 cm³/mol. The topological polar surface area (TPSA) is 79.3 Å². The lowest BCUT2D eigenvalue weighted by Crippen LogP contribution is -2.78. The maximum absolute atomic E-state index is 14.2. The molecule has 3 fully saturated rings. The molecule has 1 amide bonds. The van der Waals surface area contributed by atoms with E-state index in [0.717, 1.165) is 42.6 Å². The summed E-state index contributed by atoms with van der Waals surface area (Å²) in [4.78, 5) is 30.8. The number of nitrogens with zero attached hydrogens (tertiary/aromatic N) is 2. The number of piperidine rings is 1. The van der Waals surface area contributed by atoms with Gasteiger partial charge in [-0.25, -0.2) is 0 Å². The van der Waals surface area contributed by atoms with Gasteiger partial charge in [-0.1, -0.05) is 49.2 Å². The van der Waals surface area contributed by atoms with Crippen LogP contribution in [0.4, 0.5) is 0 Å². The van der Waals surface area contributed by atoms with E-state index in [-0.39, 0.29) is 30.3 Å². The van der Waals surface area contributed by atoms with Crippen LogP contribution in [0.25, 0.3) is 0 Å². The van der Waals surface area contributed by atoms with E-state index in [1.54, 1.807) is 12.1 Å². The molecule has 2 heterocycles. The van der Waals surface area contributed by atoms with Gasteiger partial charge in [0.1, 0.15) is 6.10 Å². The van der Waals surface area contributed by atoms with Gasteiger partial charge in [-0.2, -0.15) is 0 Å². The molecule has 2 aromatic rings. The van der Waals surface area contributed by atoms with Crippen molar-refractivity contribution in [1.29, 1.82) is 0 Å². The smallest absolute Gasteiger partial charge is 0.308 e. The molecule has 2 unspecified atom stereocenters. The van der Waals surface area contributed by atoms with Crippen LogP contribution in [0, 0.1) is 11.8 Å². The van der Waals surface area contributed by atoms with Gasteiger partial charge >= 0.3 is 5.97 Å². The van der Waals surface area contributed by atoms with Crippen molar-refractivity contribution in [1.82, 2.24) is 9.80 Å². The summed E-state index contributed by atoms with van der Waals surface area (Å²) < 4.78 is 12.6. The van der Waals surface area contributed by atoms with Gasteiger partial charge in [0.15, 0.2) is 11.5 Å². The molecule has 2 bridgehead atoms. The molecule has 9 heteroatoms. The zero-order chi connectivity index (χ0) is 30.3. The molecule has 7 nitrogen and oxygen atoms in total. The van der Waals surface area contributed by atoms with Crippen molar-refractivity contribution in [2.45, 2.75) is 94.9 Å². The summed E-state index contributed by atoms with van der Waals surface area (Å²) in [5, 5.41) is 13.8. The summed E-state index contributed by atoms with van der Waals surface area (Å²) in [6.07, 6.45) is 4.93.